The van der Waals surface area contributed by atoms with Crippen molar-refractivity contribution < 1.29 is 17.9 Å². The third-order valence-electron chi connectivity index (χ3n) is 4.48. The van der Waals surface area contributed by atoms with Crippen LogP contribution >= 0.6 is 0 Å². The third kappa shape index (κ3) is 4.59. The standard InChI is InChI=1S/C21H19F3N4O/c1-29-18-10-9-15(11-16(18)21(22,23)24)25-19-12-17(13-5-3-2-4-6-13)27-20(28-19)26-14-7-8-14/h2-6,9-12,14H,7-8H2,1H3,(H2,25,26,27,28). The van der Waals surface area contributed by atoms with E-state index >= 15 is 0 Å². The zero-order valence-corrected chi connectivity index (χ0v) is 15.6. The van der Waals surface area contributed by atoms with Gasteiger partial charge in [0.15, 0.2) is 0 Å². The first kappa shape index (κ1) is 19.0. The Balaban J connectivity index is 1.69. The summed E-state index contributed by atoms with van der Waals surface area (Å²) in [7, 11) is 1.21. The fraction of sp³-hybridized carbons (Fsp3) is 0.238. The zero-order chi connectivity index (χ0) is 20.4. The molecule has 0 spiro atoms. The first-order chi connectivity index (χ1) is 13.9. The highest BCUT2D eigenvalue weighted by Crippen LogP contribution is 2.38. The molecule has 2 aromatic carbocycles. The molecular weight excluding hydrogens is 381 g/mol. The number of benzene rings is 2. The molecule has 0 aliphatic heterocycles. The van der Waals surface area contributed by atoms with E-state index in [1.165, 1.54) is 19.2 Å². The van der Waals surface area contributed by atoms with Crippen LogP contribution in [-0.4, -0.2) is 23.1 Å². The van der Waals surface area contributed by atoms with Gasteiger partial charge in [0, 0.05) is 23.4 Å². The molecule has 3 aromatic rings. The van der Waals surface area contributed by atoms with E-state index in [-0.39, 0.29) is 11.4 Å². The zero-order valence-electron chi connectivity index (χ0n) is 15.6. The first-order valence-corrected chi connectivity index (χ1v) is 9.15. The van der Waals surface area contributed by atoms with E-state index in [0.717, 1.165) is 24.5 Å². The molecule has 1 aliphatic carbocycles. The van der Waals surface area contributed by atoms with E-state index in [2.05, 4.69) is 20.6 Å². The summed E-state index contributed by atoms with van der Waals surface area (Å²) in [5.74, 6) is 0.619. The minimum Gasteiger partial charge on any atom is -0.496 e. The lowest BCUT2D eigenvalue weighted by Crippen LogP contribution is -2.09. The van der Waals surface area contributed by atoms with Crippen LogP contribution in [0.15, 0.2) is 54.6 Å². The molecule has 150 valence electrons. The van der Waals surface area contributed by atoms with Crippen LogP contribution in [0.2, 0.25) is 0 Å². The molecule has 0 amide bonds. The van der Waals surface area contributed by atoms with Crippen molar-refractivity contribution in [1.29, 1.82) is 0 Å². The quantitative estimate of drug-likeness (QED) is 0.573. The SMILES string of the molecule is COc1ccc(Nc2cc(-c3ccccc3)nc(NC3CC3)n2)cc1C(F)(F)F. The Morgan fingerprint density at radius 2 is 1.76 bits per heavy atom. The number of rotatable bonds is 6. The summed E-state index contributed by atoms with van der Waals surface area (Å²) in [6, 6.07) is 15.4. The maximum atomic E-state index is 13.3. The van der Waals surface area contributed by atoms with Gasteiger partial charge in [0.25, 0.3) is 0 Å². The maximum absolute atomic E-state index is 13.3. The first-order valence-electron chi connectivity index (χ1n) is 9.15. The molecule has 1 fully saturated rings. The van der Waals surface area contributed by atoms with E-state index in [9.17, 15) is 13.2 Å². The van der Waals surface area contributed by atoms with Crippen molar-refractivity contribution in [2.45, 2.75) is 25.1 Å². The van der Waals surface area contributed by atoms with Crippen LogP contribution in [-0.2, 0) is 6.18 Å². The summed E-state index contributed by atoms with van der Waals surface area (Å²) < 4.78 is 44.8. The van der Waals surface area contributed by atoms with E-state index in [4.69, 9.17) is 4.74 Å². The maximum Gasteiger partial charge on any atom is 0.420 e. The fourth-order valence-electron chi connectivity index (χ4n) is 2.90. The van der Waals surface area contributed by atoms with Crippen molar-refractivity contribution >= 4 is 17.5 Å². The number of alkyl halides is 3. The van der Waals surface area contributed by atoms with Crippen LogP contribution in [0.4, 0.5) is 30.6 Å². The van der Waals surface area contributed by atoms with Gasteiger partial charge in [-0.25, -0.2) is 4.98 Å². The fourth-order valence-corrected chi connectivity index (χ4v) is 2.90. The van der Waals surface area contributed by atoms with Gasteiger partial charge in [0.05, 0.1) is 18.4 Å². The molecule has 0 radical (unpaired) electrons. The van der Waals surface area contributed by atoms with Crippen LogP contribution in [0.5, 0.6) is 5.75 Å². The Labute approximate surface area is 166 Å². The Kier molecular flexibility index (Phi) is 5.00. The van der Waals surface area contributed by atoms with Crippen LogP contribution in [0.25, 0.3) is 11.3 Å². The summed E-state index contributed by atoms with van der Waals surface area (Å²) in [5, 5.41) is 6.21. The van der Waals surface area contributed by atoms with Crippen molar-refractivity contribution in [1.82, 2.24) is 9.97 Å². The number of halogens is 3. The Morgan fingerprint density at radius 3 is 2.41 bits per heavy atom. The average Bonchev–Trinajstić information content (AvgIpc) is 3.52. The number of nitrogens with one attached hydrogen (secondary N) is 2. The molecule has 1 saturated carbocycles. The van der Waals surface area contributed by atoms with Gasteiger partial charge in [0.2, 0.25) is 5.95 Å². The van der Waals surface area contributed by atoms with Crippen molar-refractivity contribution in [2.24, 2.45) is 0 Å². The lowest BCUT2D eigenvalue weighted by molar-refractivity contribution is -0.138. The number of hydrogen-bond donors (Lipinski definition) is 2. The number of ether oxygens (including phenoxy) is 1. The molecule has 0 bridgehead atoms. The van der Waals surface area contributed by atoms with Crippen LogP contribution < -0.4 is 15.4 Å². The van der Waals surface area contributed by atoms with Gasteiger partial charge in [-0.05, 0) is 31.0 Å². The van der Waals surface area contributed by atoms with E-state index in [1.54, 1.807) is 6.07 Å². The largest absolute Gasteiger partial charge is 0.496 e. The van der Waals surface area contributed by atoms with Gasteiger partial charge >= 0.3 is 6.18 Å². The summed E-state index contributed by atoms with van der Waals surface area (Å²) in [5.41, 5.74) is 0.977. The minimum atomic E-state index is -4.53. The van der Waals surface area contributed by atoms with Crippen molar-refractivity contribution in [3.63, 3.8) is 0 Å². The molecule has 4 rings (SSSR count). The molecule has 5 nitrogen and oxygen atoms in total. The molecule has 0 saturated heterocycles. The topological polar surface area (TPSA) is 59.1 Å². The molecule has 8 heteroatoms. The summed E-state index contributed by atoms with van der Waals surface area (Å²) in [6.07, 6.45) is -2.42. The van der Waals surface area contributed by atoms with Crippen molar-refractivity contribution in [3.05, 3.63) is 60.2 Å². The van der Waals surface area contributed by atoms with E-state index < -0.39 is 11.7 Å². The molecule has 2 N–H and O–H groups in total. The smallest absolute Gasteiger partial charge is 0.420 e. The number of hydrogen-bond acceptors (Lipinski definition) is 5. The summed E-state index contributed by atoms with van der Waals surface area (Å²) in [4.78, 5) is 8.97. The number of nitrogens with zero attached hydrogens (tertiary/aromatic N) is 2. The third-order valence-corrected chi connectivity index (χ3v) is 4.48. The lowest BCUT2D eigenvalue weighted by Gasteiger charge is -2.15. The molecule has 1 heterocycles. The lowest BCUT2D eigenvalue weighted by atomic mass is 10.1. The minimum absolute atomic E-state index is 0.230. The van der Waals surface area contributed by atoms with Gasteiger partial charge in [-0.15, -0.1) is 0 Å². The second kappa shape index (κ2) is 7.62. The Morgan fingerprint density at radius 1 is 1.00 bits per heavy atom. The average molecular weight is 400 g/mol. The van der Waals surface area contributed by atoms with Crippen LogP contribution in [0, 0.1) is 0 Å². The summed E-state index contributed by atoms with van der Waals surface area (Å²) in [6.45, 7) is 0. The second-order valence-corrected chi connectivity index (χ2v) is 6.78. The number of aromatic nitrogens is 2. The number of anilines is 3. The molecular formula is C21H19F3N4O. The molecule has 29 heavy (non-hydrogen) atoms. The molecule has 1 aromatic heterocycles. The monoisotopic (exact) mass is 400 g/mol. The molecule has 0 atom stereocenters. The van der Waals surface area contributed by atoms with Gasteiger partial charge in [0.1, 0.15) is 11.6 Å². The van der Waals surface area contributed by atoms with Gasteiger partial charge in [-0.1, -0.05) is 30.3 Å². The van der Waals surface area contributed by atoms with E-state index in [0.29, 0.717) is 23.5 Å². The van der Waals surface area contributed by atoms with Crippen molar-refractivity contribution in [3.8, 4) is 17.0 Å². The van der Waals surface area contributed by atoms with Gasteiger partial charge in [-0.3, -0.25) is 0 Å². The predicted molar refractivity (Wildman–Crippen MR) is 105 cm³/mol. The highest BCUT2D eigenvalue weighted by atomic mass is 19.4. The van der Waals surface area contributed by atoms with Crippen LogP contribution in [0.1, 0.15) is 18.4 Å². The Bertz CT molecular complexity index is 1000. The van der Waals surface area contributed by atoms with Crippen molar-refractivity contribution in [2.75, 3.05) is 17.7 Å². The normalized spacial score (nSPS) is 13.8. The number of methoxy groups -OCH3 is 1. The highest BCUT2D eigenvalue weighted by molar-refractivity contribution is 5.68. The highest BCUT2D eigenvalue weighted by Gasteiger charge is 2.34. The summed E-state index contributed by atoms with van der Waals surface area (Å²) >= 11 is 0. The second-order valence-electron chi connectivity index (χ2n) is 6.78. The van der Waals surface area contributed by atoms with Gasteiger partial charge < -0.3 is 15.4 Å². The molecule has 1 aliphatic rings. The van der Waals surface area contributed by atoms with E-state index in [1.807, 2.05) is 30.3 Å². The van der Waals surface area contributed by atoms with Gasteiger partial charge in [-0.2, -0.15) is 18.2 Å². The van der Waals surface area contributed by atoms with Crippen LogP contribution in [0.3, 0.4) is 0 Å². The Hall–Kier alpha value is -3.29. The predicted octanol–water partition coefficient (Wildman–Crippen LogP) is 5.49. The molecule has 0 unspecified atom stereocenters.